The smallest absolute Gasteiger partial charge is 0.306 e. The van der Waals surface area contributed by atoms with Gasteiger partial charge in [0.1, 0.15) is 13.2 Å². The minimum absolute atomic E-state index is 0.0915. The van der Waals surface area contributed by atoms with Crippen molar-refractivity contribution in [2.75, 3.05) is 13.2 Å². The van der Waals surface area contributed by atoms with E-state index in [2.05, 4.69) is 106 Å². The summed E-state index contributed by atoms with van der Waals surface area (Å²) < 4.78 is 16.8. The predicted octanol–water partition coefficient (Wildman–Crippen LogP) is 21.1. The topological polar surface area (TPSA) is 78.9 Å². The summed E-state index contributed by atoms with van der Waals surface area (Å²) in [5.41, 5.74) is 0. The van der Waals surface area contributed by atoms with Crippen LogP contribution in [0.5, 0.6) is 0 Å². The molecule has 0 aromatic rings. The van der Waals surface area contributed by atoms with E-state index in [0.29, 0.717) is 19.3 Å². The summed E-state index contributed by atoms with van der Waals surface area (Å²) in [7, 11) is 0. The molecule has 420 valence electrons. The lowest BCUT2D eigenvalue weighted by Crippen LogP contribution is -2.30. The zero-order chi connectivity index (χ0) is 52.9. The average molecular weight is 1020 g/mol. The molecule has 0 aliphatic rings. The summed E-state index contributed by atoms with van der Waals surface area (Å²) in [6.07, 6.45) is 80.4. The Morgan fingerprint density at radius 2 is 0.562 bits per heavy atom. The molecule has 6 heteroatoms. The van der Waals surface area contributed by atoms with Crippen LogP contribution < -0.4 is 0 Å². The summed E-state index contributed by atoms with van der Waals surface area (Å²) in [4.78, 5) is 38.1. The van der Waals surface area contributed by atoms with Crippen LogP contribution in [-0.4, -0.2) is 37.2 Å². The van der Waals surface area contributed by atoms with Gasteiger partial charge in [-0.3, -0.25) is 14.4 Å². The van der Waals surface area contributed by atoms with E-state index in [1.807, 2.05) is 0 Å². The van der Waals surface area contributed by atoms with Crippen LogP contribution in [0, 0.1) is 0 Å². The van der Waals surface area contributed by atoms with Crippen LogP contribution in [0.15, 0.2) is 85.1 Å². The fraction of sp³-hybridized carbons (Fsp3) is 0.746. The third kappa shape index (κ3) is 59.3. The third-order valence-electron chi connectivity index (χ3n) is 13.3. The molecule has 1 atom stereocenters. The number of hydrogen-bond donors (Lipinski definition) is 0. The Balaban J connectivity index is 4.19. The summed E-state index contributed by atoms with van der Waals surface area (Å²) in [6, 6.07) is 0. The maximum atomic E-state index is 12.8. The van der Waals surface area contributed by atoms with E-state index in [1.165, 1.54) is 141 Å². The molecule has 0 aliphatic heterocycles. The summed E-state index contributed by atoms with van der Waals surface area (Å²) in [5.74, 6) is -0.929. The lowest BCUT2D eigenvalue weighted by atomic mass is 10.0. The second-order valence-corrected chi connectivity index (χ2v) is 20.6. The molecule has 0 saturated carbocycles. The van der Waals surface area contributed by atoms with Gasteiger partial charge in [-0.2, -0.15) is 0 Å². The Kier molecular flexibility index (Phi) is 58.3. The fourth-order valence-electron chi connectivity index (χ4n) is 8.70. The monoisotopic (exact) mass is 1020 g/mol. The zero-order valence-electron chi connectivity index (χ0n) is 48.1. The van der Waals surface area contributed by atoms with Crippen molar-refractivity contribution in [1.82, 2.24) is 0 Å². The fourth-order valence-corrected chi connectivity index (χ4v) is 8.70. The highest BCUT2D eigenvalue weighted by Gasteiger charge is 2.19. The van der Waals surface area contributed by atoms with Gasteiger partial charge in [0.25, 0.3) is 0 Å². The van der Waals surface area contributed by atoms with Gasteiger partial charge in [0.2, 0.25) is 0 Å². The molecule has 0 radical (unpaired) electrons. The molecule has 0 fully saturated rings. The highest BCUT2D eigenvalue weighted by molar-refractivity contribution is 5.71. The molecule has 0 bridgehead atoms. The molecular weight excluding hydrogens is 901 g/mol. The number of rotatable bonds is 56. The van der Waals surface area contributed by atoms with E-state index < -0.39 is 6.10 Å². The number of esters is 3. The van der Waals surface area contributed by atoms with Crippen molar-refractivity contribution in [2.45, 2.75) is 309 Å². The van der Waals surface area contributed by atoms with Crippen LogP contribution in [0.25, 0.3) is 0 Å². The number of unbranched alkanes of at least 4 members (excludes halogenated alkanes) is 31. The minimum atomic E-state index is -0.797. The third-order valence-corrected chi connectivity index (χ3v) is 13.3. The first-order valence-electron chi connectivity index (χ1n) is 31.1. The van der Waals surface area contributed by atoms with Crippen molar-refractivity contribution < 1.29 is 28.6 Å². The summed E-state index contributed by atoms with van der Waals surface area (Å²) in [6.45, 7) is 6.43. The first-order valence-corrected chi connectivity index (χ1v) is 31.1. The van der Waals surface area contributed by atoms with Crippen LogP contribution in [-0.2, 0) is 28.6 Å². The van der Waals surface area contributed by atoms with Crippen molar-refractivity contribution >= 4 is 17.9 Å². The molecule has 6 nitrogen and oxygen atoms in total. The standard InChI is InChI=1S/C67H116O6/c1-4-7-10-13-16-19-22-25-26-27-28-29-30-31-32-33-34-35-36-37-38-39-40-43-45-48-51-54-57-60-66(69)72-63-64(73-67(70)61-58-55-52-49-46-42-24-21-18-15-12-9-6-3)62-71-65(68)59-56-53-50-47-44-41-23-20-17-14-11-8-5-2/h9,11-12,14,18,20-23,25,27-28,42,46,64H,4-8,10,13,15-17,19,24,26,29-41,43-45,47-63H2,1-3H3/b12-9-,14-11-,21-18-,23-20-,25-22-,28-27-,46-42-. The highest BCUT2D eigenvalue weighted by Crippen LogP contribution is 2.16. The Morgan fingerprint density at radius 3 is 0.904 bits per heavy atom. The number of carbonyl (C=O) groups excluding carboxylic acids is 3. The molecule has 1 unspecified atom stereocenters. The maximum Gasteiger partial charge on any atom is 0.306 e. The zero-order valence-corrected chi connectivity index (χ0v) is 48.1. The second kappa shape index (κ2) is 61.1. The molecule has 0 rings (SSSR count). The Labute approximate surface area is 452 Å². The Hall–Kier alpha value is -3.41. The van der Waals surface area contributed by atoms with Crippen molar-refractivity contribution in [3.05, 3.63) is 85.1 Å². The number of allylic oxidation sites excluding steroid dienone is 14. The first kappa shape index (κ1) is 69.6. The first-order chi connectivity index (χ1) is 36.0. The second-order valence-electron chi connectivity index (χ2n) is 20.6. The van der Waals surface area contributed by atoms with Gasteiger partial charge in [-0.15, -0.1) is 0 Å². The SMILES string of the molecule is CC/C=C\C/C=C\C/C=C\CCCCCC(=O)OC(COC(=O)CCCCCCC/C=C\C/C=C\CCC)COC(=O)CCCCCCCCCCCCCCCCCCC/C=C\C/C=C\CCCCCCC. The van der Waals surface area contributed by atoms with E-state index >= 15 is 0 Å². The van der Waals surface area contributed by atoms with Gasteiger partial charge in [0.05, 0.1) is 0 Å². The van der Waals surface area contributed by atoms with E-state index in [9.17, 15) is 14.4 Å². The van der Waals surface area contributed by atoms with E-state index in [1.54, 1.807) is 0 Å². The molecule has 73 heavy (non-hydrogen) atoms. The lowest BCUT2D eigenvalue weighted by Gasteiger charge is -2.18. The molecule has 0 spiro atoms. The van der Waals surface area contributed by atoms with Gasteiger partial charge >= 0.3 is 17.9 Å². The molecule has 0 aromatic carbocycles. The van der Waals surface area contributed by atoms with Gasteiger partial charge in [0.15, 0.2) is 6.10 Å². The van der Waals surface area contributed by atoms with Crippen LogP contribution >= 0.6 is 0 Å². The largest absolute Gasteiger partial charge is 0.462 e. The van der Waals surface area contributed by atoms with Crippen molar-refractivity contribution in [3.8, 4) is 0 Å². The number of carbonyl (C=O) groups is 3. The van der Waals surface area contributed by atoms with E-state index in [0.717, 1.165) is 122 Å². The van der Waals surface area contributed by atoms with E-state index in [4.69, 9.17) is 14.2 Å². The number of ether oxygens (including phenoxy) is 3. The van der Waals surface area contributed by atoms with Gasteiger partial charge in [0, 0.05) is 19.3 Å². The molecule has 0 heterocycles. The summed E-state index contributed by atoms with van der Waals surface area (Å²) in [5, 5.41) is 0. The highest BCUT2D eigenvalue weighted by atomic mass is 16.6. The van der Waals surface area contributed by atoms with Crippen LogP contribution in [0.1, 0.15) is 303 Å². The lowest BCUT2D eigenvalue weighted by molar-refractivity contribution is -0.167. The molecule has 0 saturated heterocycles. The molecule has 0 aromatic heterocycles. The number of hydrogen-bond acceptors (Lipinski definition) is 6. The molecular formula is C67H116O6. The molecule has 0 N–H and O–H groups in total. The van der Waals surface area contributed by atoms with Crippen molar-refractivity contribution in [1.29, 1.82) is 0 Å². The van der Waals surface area contributed by atoms with Crippen LogP contribution in [0.2, 0.25) is 0 Å². The van der Waals surface area contributed by atoms with Gasteiger partial charge in [-0.05, 0) is 109 Å². The predicted molar refractivity (Wildman–Crippen MR) is 316 cm³/mol. The Morgan fingerprint density at radius 1 is 0.288 bits per heavy atom. The van der Waals surface area contributed by atoms with Gasteiger partial charge in [-0.1, -0.05) is 260 Å². The van der Waals surface area contributed by atoms with Crippen LogP contribution in [0.4, 0.5) is 0 Å². The summed E-state index contributed by atoms with van der Waals surface area (Å²) >= 11 is 0. The maximum absolute atomic E-state index is 12.8. The Bertz CT molecular complexity index is 1400. The van der Waals surface area contributed by atoms with Gasteiger partial charge in [-0.25, -0.2) is 0 Å². The van der Waals surface area contributed by atoms with Gasteiger partial charge < -0.3 is 14.2 Å². The molecule has 0 amide bonds. The molecule has 0 aliphatic carbocycles. The average Bonchev–Trinajstić information content (AvgIpc) is 3.39. The van der Waals surface area contributed by atoms with E-state index in [-0.39, 0.29) is 31.1 Å². The van der Waals surface area contributed by atoms with Crippen LogP contribution in [0.3, 0.4) is 0 Å². The van der Waals surface area contributed by atoms with Crippen molar-refractivity contribution in [3.63, 3.8) is 0 Å². The normalized spacial score (nSPS) is 12.6. The minimum Gasteiger partial charge on any atom is -0.462 e. The van der Waals surface area contributed by atoms with Crippen molar-refractivity contribution in [2.24, 2.45) is 0 Å². The quantitative estimate of drug-likeness (QED) is 0.0261.